The SMILES string of the molecule is CN(C)c1ccc(NC(=O)CC(=O)Nc2cccc(Cl)c2)cc1. The molecule has 0 aromatic heterocycles. The van der Waals surface area contributed by atoms with Crippen LogP contribution in [0.15, 0.2) is 48.5 Å². The van der Waals surface area contributed by atoms with Crippen LogP contribution in [0.1, 0.15) is 6.42 Å². The highest BCUT2D eigenvalue weighted by atomic mass is 35.5. The molecule has 2 aromatic rings. The molecule has 0 spiro atoms. The predicted octanol–water partition coefficient (Wildman–Crippen LogP) is 3.37. The second-order valence-corrected chi connectivity index (χ2v) is 5.66. The summed E-state index contributed by atoms with van der Waals surface area (Å²) in [6.45, 7) is 0. The van der Waals surface area contributed by atoms with E-state index in [9.17, 15) is 9.59 Å². The second kappa shape index (κ2) is 7.65. The van der Waals surface area contributed by atoms with Crippen molar-refractivity contribution in [3.8, 4) is 0 Å². The predicted molar refractivity (Wildman–Crippen MR) is 94.1 cm³/mol. The fraction of sp³-hybridized carbons (Fsp3) is 0.176. The zero-order chi connectivity index (χ0) is 16.8. The van der Waals surface area contributed by atoms with Crippen LogP contribution in [0.2, 0.25) is 5.02 Å². The number of carbonyl (C=O) groups is 2. The summed E-state index contributed by atoms with van der Waals surface area (Å²) in [5, 5.41) is 5.85. The number of anilines is 3. The molecule has 2 N–H and O–H groups in total. The van der Waals surface area contributed by atoms with Crippen LogP contribution in [0.4, 0.5) is 17.1 Å². The highest BCUT2D eigenvalue weighted by molar-refractivity contribution is 6.30. The van der Waals surface area contributed by atoms with Gasteiger partial charge in [0.05, 0.1) is 0 Å². The van der Waals surface area contributed by atoms with Gasteiger partial charge in [-0.25, -0.2) is 0 Å². The van der Waals surface area contributed by atoms with Crippen molar-refractivity contribution in [2.45, 2.75) is 6.42 Å². The molecule has 0 radical (unpaired) electrons. The molecule has 0 atom stereocenters. The summed E-state index contributed by atoms with van der Waals surface area (Å²) in [6, 6.07) is 14.1. The summed E-state index contributed by atoms with van der Waals surface area (Å²) in [4.78, 5) is 25.7. The van der Waals surface area contributed by atoms with Crippen molar-refractivity contribution in [1.29, 1.82) is 0 Å². The number of rotatable bonds is 5. The molecule has 2 amide bonds. The van der Waals surface area contributed by atoms with Crippen LogP contribution in [0.5, 0.6) is 0 Å². The number of benzene rings is 2. The number of halogens is 1. The third kappa shape index (κ3) is 5.30. The lowest BCUT2D eigenvalue weighted by atomic mass is 10.2. The van der Waals surface area contributed by atoms with E-state index in [4.69, 9.17) is 11.6 Å². The van der Waals surface area contributed by atoms with Gasteiger partial charge < -0.3 is 15.5 Å². The van der Waals surface area contributed by atoms with Crippen LogP contribution in [0.3, 0.4) is 0 Å². The van der Waals surface area contributed by atoms with E-state index in [1.165, 1.54) is 0 Å². The van der Waals surface area contributed by atoms with Gasteiger partial charge in [0.15, 0.2) is 0 Å². The van der Waals surface area contributed by atoms with Gasteiger partial charge in [0.25, 0.3) is 0 Å². The zero-order valence-electron chi connectivity index (χ0n) is 13.0. The van der Waals surface area contributed by atoms with Crippen molar-refractivity contribution in [2.75, 3.05) is 29.6 Å². The summed E-state index contributed by atoms with van der Waals surface area (Å²) in [5.74, 6) is -0.767. The van der Waals surface area contributed by atoms with Gasteiger partial charge in [0.1, 0.15) is 6.42 Å². The van der Waals surface area contributed by atoms with Gasteiger partial charge in [-0.2, -0.15) is 0 Å². The largest absolute Gasteiger partial charge is 0.378 e. The van der Waals surface area contributed by atoms with Crippen molar-refractivity contribution in [3.63, 3.8) is 0 Å². The van der Waals surface area contributed by atoms with Crippen molar-refractivity contribution < 1.29 is 9.59 Å². The van der Waals surface area contributed by atoms with E-state index in [0.29, 0.717) is 16.4 Å². The van der Waals surface area contributed by atoms with Gasteiger partial charge in [0.2, 0.25) is 11.8 Å². The Morgan fingerprint density at radius 1 is 0.957 bits per heavy atom. The number of nitrogens with zero attached hydrogens (tertiary/aromatic N) is 1. The highest BCUT2D eigenvalue weighted by Gasteiger charge is 2.10. The van der Waals surface area contributed by atoms with Gasteiger partial charge in [-0.05, 0) is 42.5 Å². The average Bonchev–Trinajstić information content (AvgIpc) is 2.47. The molecule has 0 aliphatic heterocycles. The number of nitrogens with one attached hydrogen (secondary N) is 2. The van der Waals surface area contributed by atoms with Crippen LogP contribution in [0.25, 0.3) is 0 Å². The van der Waals surface area contributed by atoms with E-state index >= 15 is 0 Å². The van der Waals surface area contributed by atoms with Gasteiger partial charge in [-0.15, -0.1) is 0 Å². The van der Waals surface area contributed by atoms with Crippen LogP contribution >= 0.6 is 11.6 Å². The molecular formula is C17H18ClN3O2. The first-order valence-electron chi connectivity index (χ1n) is 7.07. The minimum atomic E-state index is -0.394. The van der Waals surface area contributed by atoms with Gasteiger partial charge in [0, 0.05) is 36.2 Å². The van der Waals surface area contributed by atoms with Crippen molar-refractivity contribution >= 4 is 40.5 Å². The second-order valence-electron chi connectivity index (χ2n) is 5.22. The number of hydrogen-bond acceptors (Lipinski definition) is 3. The fourth-order valence-corrected chi connectivity index (χ4v) is 2.16. The average molecular weight is 332 g/mol. The van der Waals surface area contributed by atoms with E-state index in [1.807, 2.05) is 31.1 Å². The summed E-state index contributed by atoms with van der Waals surface area (Å²) in [5.41, 5.74) is 2.24. The molecule has 2 rings (SSSR count). The third-order valence-corrected chi connectivity index (χ3v) is 3.33. The maximum absolute atomic E-state index is 11.9. The summed E-state index contributed by atoms with van der Waals surface area (Å²) >= 11 is 5.84. The first kappa shape index (κ1) is 16.8. The normalized spacial score (nSPS) is 10.0. The maximum atomic E-state index is 11.9. The van der Waals surface area contributed by atoms with Crippen molar-refractivity contribution in [1.82, 2.24) is 0 Å². The molecule has 0 saturated carbocycles. The minimum Gasteiger partial charge on any atom is -0.378 e. The maximum Gasteiger partial charge on any atom is 0.233 e. The lowest BCUT2D eigenvalue weighted by Crippen LogP contribution is -2.21. The molecule has 0 aliphatic rings. The van der Waals surface area contributed by atoms with E-state index in [0.717, 1.165) is 5.69 Å². The molecule has 0 unspecified atom stereocenters. The molecule has 0 bridgehead atoms. The van der Waals surface area contributed by atoms with Crippen LogP contribution in [-0.2, 0) is 9.59 Å². The zero-order valence-corrected chi connectivity index (χ0v) is 13.7. The van der Waals surface area contributed by atoms with Crippen LogP contribution in [-0.4, -0.2) is 25.9 Å². The highest BCUT2D eigenvalue weighted by Crippen LogP contribution is 2.17. The molecular weight excluding hydrogens is 314 g/mol. The third-order valence-electron chi connectivity index (χ3n) is 3.10. The Bertz CT molecular complexity index is 699. The summed E-state index contributed by atoms with van der Waals surface area (Å²) < 4.78 is 0. The van der Waals surface area contributed by atoms with Gasteiger partial charge >= 0.3 is 0 Å². The van der Waals surface area contributed by atoms with E-state index in [-0.39, 0.29) is 12.3 Å². The Kier molecular flexibility index (Phi) is 5.60. The number of carbonyl (C=O) groups excluding carboxylic acids is 2. The molecule has 5 nitrogen and oxygen atoms in total. The Morgan fingerprint density at radius 2 is 1.57 bits per heavy atom. The number of hydrogen-bond donors (Lipinski definition) is 2. The smallest absolute Gasteiger partial charge is 0.233 e. The van der Waals surface area contributed by atoms with Crippen LogP contribution in [0, 0.1) is 0 Å². The summed E-state index contributed by atoms with van der Waals surface area (Å²) in [7, 11) is 3.88. The van der Waals surface area contributed by atoms with Gasteiger partial charge in [-0.3, -0.25) is 9.59 Å². The van der Waals surface area contributed by atoms with Crippen molar-refractivity contribution in [3.05, 3.63) is 53.6 Å². The molecule has 0 fully saturated rings. The Balaban J connectivity index is 1.87. The monoisotopic (exact) mass is 331 g/mol. The molecule has 0 aliphatic carbocycles. The quantitative estimate of drug-likeness (QED) is 0.826. The lowest BCUT2D eigenvalue weighted by Gasteiger charge is -2.13. The fourth-order valence-electron chi connectivity index (χ4n) is 1.97. The lowest BCUT2D eigenvalue weighted by molar-refractivity contribution is -0.123. The molecule has 0 saturated heterocycles. The van der Waals surface area contributed by atoms with Gasteiger partial charge in [-0.1, -0.05) is 17.7 Å². The van der Waals surface area contributed by atoms with E-state index < -0.39 is 5.91 Å². The molecule has 0 heterocycles. The standard InChI is InChI=1S/C17H18ClN3O2/c1-21(2)15-8-6-13(7-9-15)19-16(22)11-17(23)20-14-5-3-4-12(18)10-14/h3-10H,11H2,1-2H3,(H,19,22)(H,20,23). The molecule has 23 heavy (non-hydrogen) atoms. The number of amides is 2. The Morgan fingerprint density at radius 3 is 2.13 bits per heavy atom. The first-order valence-corrected chi connectivity index (χ1v) is 7.44. The van der Waals surface area contributed by atoms with E-state index in [2.05, 4.69) is 10.6 Å². The molecule has 6 heteroatoms. The van der Waals surface area contributed by atoms with Crippen molar-refractivity contribution in [2.24, 2.45) is 0 Å². The topological polar surface area (TPSA) is 61.4 Å². The summed E-state index contributed by atoms with van der Waals surface area (Å²) in [6.07, 6.45) is -0.262. The Hall–Kier alpha value is -2.53. The molecule has 120 valence electrons. The first-order chi connectivity index (χ1) is 10.9. The molecule has 2 aromatic carbocycles. The van der Waals surface area contributed by atoms with Crippen LogP contribution < -0.4 is 15.5 Å². The van der Waals surface area contributed by atoms with E-state index in [1.54, 1.807) is 36.4 Å². The Labute approximate surface area is 140 Å². The minimum absolute atomic E-state index is 0.262.